The van der Waals surface area contributed by atoms with E-state index in [1.54, 1.807) is 6.92 Å². The van der Waals surface area contributed by atoms with Gasteiger partial charge in [0.1, 0.15) is 6.10 Å². The van der Waals surface area contributed by atoms with Gasteiger partial charge < -0.3 is 20.7 Å². The highest BCUT2D eigenvalue weighted by atomic mass is 16.5. The molecule has 1 saturated heterocycles. The molecule has 4 atom stereocenters. The summed E-state index contributed by atoms with van der Waals surface area (Å²) in [5.41, 5.74) is 4.70. The number of aromatic amines is 1. The Labute approximate surface area is 108 Å². The van der Waals surface area contributed by atoms with Gasteiger partial charge in [0.15, 0.2) is 6.23 Å². The Morgan fingerprint density at radius 3 is 2.74 bits per heavy atom. The van der Waals surface area contributed by atoms with Crippen LogP contribution in [0.15, 0.2) is 15.8 Å². The van der Waals surface area contributed by atoms with E-state index in [9.17, 15) is 19.8 Å². The number of nitrogens with one attached hydrogen (secondary N) is 1. The SMILES string of the molecule is Cc1cn([C@@H]2O[C@H](CO)[C@@H](CN)[C@@H]2O)c(=O)[nH]c1=O. The summed E-state index contributed by atoms with van der Waals surface area (Å²) in [6.07, 6.45) is -1.30. The van der Waals surface area contributed by atoms with Crippen molar-refractivity contribution in [1.29, 1.82) is 0 Å². The molecule has 1 aromatic rings. The van der Waals surface area contributed by atoms with E-state index in [0.717, 1.165) is 4.57 Å². The fourth-order valence-electron chi connectivity index (χ4n) is 2.27. The molecule has 2 heterocycles. The van der Waals surface area contributed by atoms with Crippen molar-refractivity contribution in [3.63, 3.8) is 0 Å². The molecule has 19 heavy (non-hydrogen) atoms. The van der Waals surface area contributed by atoms with Gasteiger partial charge in [0.25, 0.3) is 5.56 Å². The molecule has 1 aromatic heterocycles. The fourth-order valence-corrected chi connectivity index (χ4v) is 2.27. The number of aryl methyl sites for hydroxylation is 1. The zero-order valence-electron chi connectivity index (χ0n) is 10.4. The highest BCUT2D eigenvalue weighted by Gasteiger charge is 2.43. The van der Waals surface area contributed by atoms with E-state index in [2.05, 4.69) is 4.98 Å². The second-order valence-electron chi connectivity index (χ2n) is 4.62. The van der Waals surface area contributed by atoms with E-state index in [4.69, 9.17) is 10.5 Å². The topological polar surface area (TPSA) is 131 Å². The highest BCUT2D eigenvalue weighted by Crippen LogP contribution is 2.32. The lowest BCUT2D eigenvalue weighted by molar-refractivity contribution is -0.0536. The Morgan fingerprint density at radius 2 is 2.21 bits per heavy atom. The third-order valence-electron chi connectivity index (χ3n) is 3.39. The maximum absolute atomic E-state index is 11.7. The standard InChI is InChI=1S/C11H17N3O5/c1-5-3-14(11(18)13-9(5)17)10-8(16)6(2-12)7(4-15)19-10/h3,6-8,10,15-16H,2,4,12H2,1H3,(H,13,17,18)/t6-,7-,8+,10-/m1/s1. The summed E-state index contributed by atoms with van der Waals surface area (Å²) in [5, 5.41) is 19.3. The van der Waals surface area contributed by atoms with Crippen molar-refractivity contribution in [2.75, 3.05) is 13.2 Å². The van der Waals surface area contributed by atoms with Gasteiger partial charge in [-0.05, 0) is 6.92 Å². The molecule has 1 aliphatic heterocycles. The van der Waals surface area contributed by atoms with Crippen LogP contribution in [-0.2, 0) is 4.74 Å². The number of H-pyrrole nitrogens is 1. The Balaban J connectivity index is 2.41. The van der Waals surface area contributed by atoms with E-state index in [-0.39, 0.29) is 13.2 Å². The molecule has 1 aliphatic rings. The second-order valence-corrected chi connectivity index (χ2v) is 4.62. The summed E-state index contributed by atoms with van der Waals surface area (Å²) in [6.45, 7) is 1.37. The Hall–Kier alpha value is -1.48. The molecule has 5 N–H and O–H groups in total. The van der Waals surface area contributed by atoms with Gasteiger partial charge in [-0.25, -0.2) is 4.79 Å². The number of aliphatic hydroxyl groups excluding tert-OH is 2. The number of aliphatic hydroxyl groups is 2. The van der Waals surface area contributed by atoms with Crippen LogP contribution in [0.3, 0.4) is 0 Å². The van der Waals surface area contributed by atoms with E-state index in [1.165, 1.54) is 6.20 Å². The predicted octanol–water partition coefficient (Wildman–Crippen LogP) is -2.33. The Kier molecular flexibility index (Phi) is 3.85. The molecule has 0 amide bonds. The highest BCUT2D eigenvalue weighted by molar-refractivity contribution is 5.03. The van der Waals surface area contributed by atoms with Crippen molar-refractivity contribution in [2.45, 2.75) is 25.4 Å². The largest absolute Gasteiger partial charge is 0.394 e. The van der Waals surface area contributed by atoms with Crippen LogP contribution in [0.25, 0.3) is 0 Å². The summed E-state index contributed by atoms with van der Waals surface area (Å²) in [4.78, 5) is 25.2. The number of hydrogen-bond donors (Lipinski definition) is 4. The van der Waals surface area contributed by atoms with E-state index >= 15 is 0 Å². The summed E-state index contributed by atoms with van der Waals surface area (Å²) in [5.74, 6) is -0.464. The number of hydrogen-bond acceptors (Lipinski definition) is 6. The first-order chi connectivity index (χ1) is 8.99. The minimum absolute atomic E-state index is 0.125. The van der Waals surface area contributed by atoms with E-state index in [0.29, 0.717) is 5.56 Å². The predicted molar refractivity (Wildman–Crippen MR) is 65.6 cm³/mol. The molecule has 0 spiro atoms. The Morgan fingerprint density at radius 1 is 1.53 bits per heavy atom. The number of nitrogens with zero attached hydrogens (tertiary/aromatic N) is 1. The van der Waals surface area contributed by atoms with E-state index < -0.39 is 35.6 Å². The summed E-state index contributed by atoms with van der Waals surface area (Å²) in [7, 11) is 0. The first kappa shape index (κ1) is 13.9. The van der Waals surface area contributed by atoms with Crippen LogP contribution in [0.4, 0.5) is 0 Å². The van der Waals surface area contributed by atoms with Gasteiger partial charge >= 0.3 is 5.69 Å². The van der Waals surface area contributed by atoms with E-state index in [1.807, 2.05) is 0 Å². The first-order valence-electron chi connectivity index (χ1n) is 5.96. The summed E-state index contributed by atoms with van der Waals surface area (Å²) in [6, 6.07) is 0. The molecule has 0 unspecified atom stereocenters. The molecule has 106 valence electrons. The van der Waals surface area contributed by atoms with Crippen molar-refractivity contribution in [2.24, 2.45) is 11.7 Å². The normalized spacial score (nSPS) is 30.7. The van der Waals surface area contributed by atoms with Crippen LogP contribution >= 0.6 is 0 Å². The van der Waals surface area contributed by atoms with Gasteiger partial charge in [-0.1, -0.05) is 0 Å². The van der Waals surface area contributed by atoms with Gasteiger partial charge in [-0.3, -0.25) is 14.3 Å². The van der Waals surface area contributed by atoms with Gasteiger partial charge in [-0.2, -0.15) is 0 Å². The summed E-state index contributed by atoms with van der Waals surface area (Å²) < 4.78 is 6.56. The maximum Gasteiger partial charge on any atom is 0.330 e. The van der Waals surface area contributed by atoms with Gasteiger partial charge in [0, 0.05) is 24.2 Å². The van der Waals surface area contributed by atoms with Crippen LogP contribution in [0.5, 0.6) is 0 Å². The Bertz CT molecular complexity index is 566. The molecule has 1 fully saturated rings. The lowest BCUT2D eigenvalue weighted by atomic mass is 9.98. The van der Waals surface area contributed by atoms with Gasteiger partial charge in [-0.15, -0.1) is 0 Å². The molecule has 0 bridgehead atoms. The van der Waals surface area contributed by atoms with Crippen LogP contribution in [0.2, 0.25) is 0 Å². The maximum atomic E-state index is 11.7. The minimum Gasteiger partial charge on any atom is -0.394 e. The van der Waals surface area contributed by atoms with Crippen molar-refractivity contribution in [3.05, 3.63) is 32.6 Å². The van der Waals surface area contributed by atoms with Crippen molar-refractivity contribution >= 4 is 0 Å². The minimum atomic E-state index is -1.02. The van der Waals surface area contributed by atoms with Crippen LogP contribution in [0.1, 0.15) is 11.8 Å². The molecule has 8 heteroatoms. The number of aromatic nitrogens is 2. The molecule has 0 radical (unpaired) electrons. The average Bonchev–Trinajstić information content (AvgIpc) is 2.70. The average molecular weight is 271 g/mol. The third kappa shape index (κ3) is 2.35. The fraction of sp³-hybridized carbons (Fsp3) is 0.636. The number of nitrogens with two attached hydrogens (primary N) is 1. The van der Waals surface area contributed by atoms with Gasteiger partial charge in [0.05, 0.1) is 12.7 Å². The smallest absolute Gasteiger partial charge is 0.330 e. The second kappa shape index (κ2) is 5.25. The summed E-state index contributed by atoms with van der Waals surface area (Å²) >= 11 is 0. The van der Waals surface area contributed by atoms with Gasteiger partial charge in [0.2, 0.25) is 0 Å². The van der Waals surface area contributed by atoms with Crippen LogP contribution in [-0.4, -0.2) is 45.1 Å². The molecular weight excluding hydrogens is 254 g/mol. The molecule has 2 rings (SSSR count). The van der Waals surface area contributed by atoms with Crippen LogP contribution < -0.4 is 17.0 Å². The zero-order valence-corrected chi connectivity index (χ0v) is 10.4. The number of ether oxygens (including phenoxy) is 1. The van der Waals surface area contributed by atoms with Crippen molar-refractivity contribution in [1.82, 2.24) is 9.55 Å². The van der Waals surface area contributed by atoms with Crippen molar-refractivity contribution < 1.29 is 14.9 Å². The molecule has 0 saturated carbocycles. The number of rotatable bonds is 3. The van der Waals surface area contributed by atoms with Crippen LogP contribution in [0, 0.1) is 12.8 Å². The quantitative estimate of drug-likeness (QED) is 0.488. The lowest BCUT2D eigenvalue weighted by Crippen LogP contribution is -2.38. The zero-order chi connectivity index (χ0) is 14.2. The lowest BCUT2D eigenvalue weighted by Gasteiger charge is -2.18. The first-order valence-corrected chi connectivity index (χ1v) is 5.96. The molecule has 8 nitrogen and oxygen atoms in total. The van der Waals surface area contributed by atoms with Crippen molar-refractivity contribution in [3.8, 4) is 0 Å². The third-order valence-corrected chi connectivity index (χ3v) is 3.39. The molecule has 0 aliphatic carbocycles. The molecule has 0 aromatic carbocycles. The monoisotopic (exact) mass is 271 g/mol. The molecular formula is C11H17N3O5.